The number of aromatic nitrogens is 2. The van der Waals surface area contributed by atoms with Crippen LogP contribution in [0.25, 0.3) is 0 Å². The molecule has 2 N–H and O–H groups in total. The summed E-state index contributed by atoms with van der Waals surface area (Å²) in [6.07, 6.45) is 5.21. The number of likely N-dealkylation sites (N-methyl/N-ethyl adjacent to an activating group) is 1. The maximum absolute atomic E-state index is 11.3. The van der Waals surface area contributed by atoms with Crippen LogP contribution in [0.3, 0.4) is 0 Å². The van der Waals surface area contributed by atoms with E-state index in [0.29, 0.717) is 6.42 Å². The summed E-state index contributed by atoms with van der Waals surface area (Å²) >= 11 is 0. The van der Waals surface area contributed by atoms with Crippen molar-refractivity contribution < 1.29 is 9.90 Å². The molecule has 1 aromatic rings. The first-order chi connectivity index (χ1) is 8.63. The Balaban J connectivity index is 2.19. The smallest absolute Gasteiger partial charge is 0.326 e. The molecule has 0 unspecified atom stereocenters. The van der Waals surface area contributed by atoms with E-state index in [1.807, 2.05) is 18.1 Å². The van der Waals surface area contributed by atoms with Gasteiger partial charge in [0.25, 0.3) is 0 Å². The van der Waals surface area contributed by atoms with Gasteiger partial charge in [0.2, 0.25) is 0 Å². The van der Waals surface area contributed by atoms with Crippen LogP contribution in [0.4, 0.5) is 5.69 Å². The molecular formula is C12H20N4O2. The number of hydrogen-bond acceptors (Lipinski definition) is 4. The van der Waals surface area contributed by atoms with Crippen LogP contribution in [0, 0.1) is 0 Å². The van der Waals surface area contributed by atoms with Crippen molar-refractivity contribution in [3.05, 3.63) is 12.4 Å². The van der Waals surface area contributed by atoms with E-state index in [-0.39, 0.29) is 6.04 Å². The average Bonchev–Trinajstić information content (AvgIpc) is 2.91. The molecule has 0 bridgehead atoms. The topological polar surface area (TPSA) is 70.4 Å². The molecule has 6 nitrogen and oxygen atoms in total. The van der Waals surface area contributed by atoms with Gasteiger partial charge in [0.05, 0.1) is 11.9 Å². The molecule has 1 aliphatic rings. The van der Waals surface area contributed by atoms with E-state index in [4.69, 9.17) is 0 Å². The van der Waals surface area contributed by atoms with Gasteiger partial charge in [-0.05, 0) is 19.4 Å². The third-order valence-electron chi connectivity index (χ3n) is 3.41. The van der Waals surface area contributed by atoms with Gasteiger partial charge < -0.3 is 15.3 Å². The number of rotatable bonds is 5. The third kappa shape index (κ3) is 2.48. The van der Waals surface area contributed by atoms with Crippen LogP contribution in [0.5, 0.6) is 0 Å². The lowest BCUT2D eigenvalue weighted by atomic mass is 10.2. The van der Waals surface area contributed by atoms with Gasteiger partial charge in [0, 0.05) is 25.8 Å². The van der Waals surface area contributed by atoms with E-state index >= 15 is 0 Å². The lowest BCUT2D eigenvalue weighted by Crippen LogP contribution is -2.45. The van der Waals surface area contributed by atoms with E-state index in [1.54, 1.807) is 10.9 Å². The molecule has 18 heavy (non-hydrogen) atoms. The highest BCUT2D eigenvalue weighted by Crippen LogP contribution is 2.30. The molecule has 1 saturated heterocycles. The molecule has 0 radical (unpaired) electrons. The van der Waals surface area contributed by atoms with E-state index in [1.165, 1.54) is 0 Å². The van der Waals surface area contributed by atoms with Gasteiger partial charge in [-0.3, -0.25) is 4.68 Å². The van der Waals surface area contributed by atoms with Crippen molar-refractivity contribution in [3.8, 4) is 0 Å². The quantitative estimate of drug-likeness (QED) is 0.796. The van der Waals surface area contributed by atoms with Gasteiger partial charge >= 0.3 is 5.97 Å². The van der Waals surface area contributed by atoms with Crippen LogP contribution in [0.15, 0.2) is 12.4 Å². The second kappa shape index (κ2) is 5.39. The first-order valence-electron chi connectivity index (χ1n) is 6.34. The summed E-state index contributed by atoms with van der Waals surface area (Å²) in [5, 5.41) is 16.7. The van der Waals surface area contributed by atoms with Crippen LogP contribution in [0.2, 0.25) is 0 Å². The van der Waals surface area contributed by atoms with Crippen LogP contribution in [-0.4, -0.2) is 46.0 Å². The Labute approximate surface area is 107 Å². The van der Waals surface area contributed by atoms with Crippen molar-refractivity contribution in [3.63, 3.8) is 0 Å². The summed E-state index contributed by atoms with van der Waals surface area (Å²) in [4.78, 5) is 13.3. The molecule has 2 heterocycles. The zero-order valence-electron chi connectivity index (χ0n) is 10.8. The standard InChI is InChI=1S/C12H20N4O2/c1-3-13-6-9-4-5-11(12(17)18)16(9)10-7-14-15(2)8-10/h7-9,11,13H,3-6H2,1-2H3,(H,17,18)/t9-,11+/m0/s1. The zero-order valence-corrected chi connectivity index (χ0v) is 10.8. The molecule has 1 aromatic heterocycles. The van der Waals surface area contributed by atoms with Crippen molar-refractivity contribution in [2.75, 3.05) is 18.0 Å². The van der Waals surface area contributed by atoms with Gasteiger partial charge in [-0.2, -0.15) is 5.10 Å². The highest BCUT2D eigenvalue weighted by Gasteiger charge is 2.38. The monoisotopic (exact) mass is 252 g/mol. The predicted molar refractivity (Wildman–Crippen MR) is 68.7 cm³/mol. The summed E-state index contributed by atoms with van der Waals surface area (Å²) < 4.78 is 1.71. The minimum atomic E-state index is -0.752. The maximum atomic E-state index is 11.3. The van der Waals surface area contributed by atoms with E-state index in [9.17, 15) is 9.90 Å². The number of aliphatic carboxylic acids is 1. The minimum absolute atomic E-state index is 0.232. The molecular weight excluding hydrogens is 232 g/mol. The number of aryl methyl sites for hydroxylation is 1. The molecule has 100 valence electrons. The molecule has 2 atom stereocenters. The highest BCUT2D eigenvalue weighted by molar-refractivity contribution is 5.79. The number of nitrogens with zero attached hydrogens (tertiary/aromatic N) is 3. The Kier molecular flexibility index (Phi) is 3.86. The fourth-order valence-electron chi connectivity index (χ4n) is 2.57. The normalized spacial score (nSPS) is 23.6. The molecule has 0 saturated carbocycles. The molecule has 6 heteroatoms. The summed E-state index contributed by atoms with van der Waals surface area (Å²) in [6, 6.07) is -0.201. The van der Waals surface area contributed by atoms with Gasteiger partial charge in [0.1, 0.15) is 6.04 Å². The lowest BCUT2D eigenvalue weighted by molar-refractivity contribution is -0.138. The van der Waals surface area contributed by atoms with Crippen LogP contribution < -0.4 is 10.2 Å². The molecule has 1 fully saturated rings. The Morgan fingerprint density at radius 1 is 1.61 bits per heavy atom. The number of carbonyl (C=O) groups is 1. The highest BCUT2D eigenvalue weighted by atomic mass is 16.4. The van der Waals surface area contributed by atoms with Crippen LogP contribution >= 0.6 is 0 Å². The number of anilines is 1. The first-order valence-corrected chi connectivity index (χ1v) is 6.34. The zero-order chi connectivity index (χ0) is 13.1. The Morgan fingerprint density at radius 3 is 2.94 bits per heavy atom. The van der Waals surface area contributed by atoms with Gasteiger partial charge in [-0.15, -0.1) is 0 Å². The molecule has 0 aromatic carbocycles. The van der Waals surface area contributed by atoms with Crippen molar-refractivity contribution in [1.82, 2.24) is 15.1 Å². The maximum Gasteiger partial charge on any atom is 0.326 e. The Morgan fingerprint density at radius 2 is 2.39 bits per heavy atom. The molecule has 2 rings (SSSR count). The molecule has 0 aliphatic carbocycles. The fraction of sp³-hybridized carbons (Fsp3) is 0.667. The van der Waals surface area contributed by atoms with E-state index in [2.05, 4.69) is 17.3 Å². The summed E-state index contributed by atoms with van der Waals surface area (Å²) in [5.41, 5.74) is 0.894. The third-order valence-corrected chi connectivity index (χ3v) is 3.41. The second-order valence-corrected chi connectivity index (χ2v) is 4.67. The van der Waals surface area contributed by atoms with Gasteiger partial charge in [-0.25, -0.2) is 4.79 Å². The summed E-state index contributed by atoms with van der Waals surface area (Å²) in [5.74, 6) is -0.752. The van der Waals surface area contributed by atoms with Gasteiger partial charge in [0.15, 0.2) is 0 Å². The van der Waals surface area contributed by atoms with Crippen molar-refractivity contribution >= 4 is 11.7 Å². The van der Waals surface area contributed by atoms with Crippen molar-refractivity contribution in [2.24, 2.45) is 7.05 Å². The average molecular weight is 252 g/mol. The van der Waals surface area contributed by atoms with Gasteiger partial charge in [-0.1, -0.05) is 6.92 Å². The van der Waals surface area contributed by atoms with E-state index < -0.39 is 12.0 Å². The molecule has 1 aliphatic heterocycles. The fourth-order valence-corrected chi connectivity index (χ4v) is 2.57. The van der Waals surface area contributed by atoms with Crippen molar-refractivity contribution in [2.45, 2.75) is 31.8 Å². The minimum Gasteiger partial charge on any atom is -0.480 e. The van der Waals surface area contributed by atoms with E-state index in [0.717, 1.165) is 25.2 Å². The predicted octanol–water partition coefficient (Wildman–Crippen LogP) is 0.452. The number of nitrogens with one attached hydrogen (secondary N) is 1. The largest absolute Gasteiger partial charge is 0.480 e. The summed E-state index contributed by atoms with van der Waals surface area (Å²) in [6.45, 7) is 3.77. The van der Waals surface area contributed by atoms with Crippen molar-refractivity contribution in [1.29, 1.82) is 0 Å². The Hall–Kier alpha value is -1.56. The second-order valence-electron chi connectivity index (χ2n) is 4.67. The SMILES string of the molecule is CCNC[C@@H]1CC[C@H](C(=O)O)N1c1cnn(C)c1. The number of carboxylic acid groups (broad SMARTS) is 1. The Bertz CT molecular complexity index is 418. The lowest BCUT2D eigenvalue weighted by Gasteiger charge is -2.29. The molecule has 0 spiro atoms. The summed E-state index contributed by atoms with van der Waals surface area (Å²) in [7, 11) is 1.84. The number of hydrogen-bond donors (Lipinski definition) is 2. The molecule has 0 amide bonds. The van der Waals surface area contributed by atoms with Crippen LogP contribution in [0.1, 0.15) is 19.8 Å². The number of carboxylic acids is 1. The first kappa shape index (κ1) is 12.9. The van der Waals surface area contributed by atoms with Crippen LogP contribution in [-0.2, 0) is 11.8 Å².